The van der Waals surface area contributed by atoms with Crippen molar-refractivity contribution in [2.24, 2.45) is 34.5 Å². The number of fused-ring (bicyclic) bond motifs is 5. The summed E-state index contributed by atoms with van der Waals surface area (Å²) in [6.07, 6.45) is 12.2. The molecule has 3 heteroatoms. The predicted octanol–water partition coefficient (Wildman–Crippen LogP) is 3.43. The van der Waals surface area contributed by atoms with E-state index < -0.39 is 6.10 Å². The van der Waals surface area contributed by atoms with E-state index in [1.807, 2.05) is 12.2 Å². The molecular weight excluding hydrogens is 312 g/mol. The molecule has 0 saturated heterocycles. The van der Waals surface area contributed by atoms with Gasteiger partial charge in [0.1, 0.15) is 6.61 Å². The molecular formula is C22H30O3. The van der Waals surface area contributed by atoms with E-state index in [1.165, 1.54) is 11.1 Å². The Morgan fingerprint density at radius 2 is 2.12 bits per heavy atom. The number of ketones is 1. The van der Waals surface area contributed by atoms with Crippen molar-refractivity contribution < 1.29 is 15.0 Å². The van der Waals surface area contributed by atoms with E-state index in [-0.39, 0.29) is 29.1 Å². The average Bonchev–Trinajstić information content (AvgIpc) is 2.85. The van der Waals surface area contributed by atoms with Crippen molar-refractivity contribution in [1.29, 1.82) is 0 Å². The highest BCUT2D eigenvalue weighted by Crippen LogP contribution is 2.65. The first kappa shape index (κ1) is 17.2. The third kappa shape index (κ3) is 2.28. The van der Waals surface area contributed by atoms with E-state index >= 15 is 0 Å². The van der Waals surface area contributed by atoms with Crippen LogP contribution in [0, 0.1) is 34.5 Å². The molecule has 2 N–H and O–H groups in total. The Hall–Kier alpha value is -1.19. The molecule has 136 valence electrons. The molecule has 0 amide bonds. The summed E-state index contributed by atoms with van der Waals surface area (Å²) >= 11 is 0. The van der Waals surface area contributed by atoms with Crippen molar-refractivity contribution in [2.45, 2.75) is 52.6 Å². The van der Waals surface area contributed by atoms with E-state index in [0.717, 1.165) is 25.7 Å². The first-order chi connectivity index (χ1) is 11.8. The second kappa shape index (κ2) is 5.65. The Kier molecular flexibility index (Phi) is 3.90. The summed E-state index contributed by atoms with van der Waals surface area (Å²) in [6, 6.07) is 0. The monoisotopic (exact) mass is 342 g/mol. The summed E-state index contributed by atoms with van der Waals surface area (Å²) < 4.78 is 0. The number of carbonyl (C=O) groups excluding carboxylic acids is 1. The summed E-state index contributed by atoms with van der Waals surface area (Å²) in [5.41, 5.74) is 2.76. The fraction of sp³-hybridized carbons (Fsp3) is 0.682. The van der Waals surface area contributed by atoms with Crippen LogP contribution in [0.1, 0.15) is 46.5 Å². The number of aliphatic hydroxyl groups excluding tert-OH is 2. The summed E-state index contributed by atoms with van der Waals surface area (Å²) in [4.78, 5) is 12.5. The molecule has 7 unspecified atom stereocenters. The topological polar surface area (TPSA) is 57.5 Å². The van der Waals surface area contributed by atoms with Gasteiger partial charge >= 0.3 is 0 Å². The lowest BCUT2D eigenvalue weighted by Gasteiger charge is -2.52. The van der Waals surface area contributed by atoms with E-state index in [9.17, 15) is 15.0 Å². The van der Waals surface area contributed by atoms with Gasteiger partial charge in [0.15, 0.2) is 5.78 Å². The van der Waals surface area contributed by atoms with Gasteiger partial charge in [-0.2, -0.15) is 0 Å². The van der Waals surface area contributed by atoms with Crippen LogP contribution >= 0.6 is 0 Å². The van der Waals surface area contributed by atoms with Gasteiger partial charge in [0.2, 0.25) is 0 Å². The van der Waals surface area contributed by atoms with Crippen LogP contribution in [-0.2, 0) is 4.79 Å². The van der Waals surface area contributed by atoms with Crippen LogP contribution in [0.5, 0.6) is 0 Å². The molecule has 0 radical (unpaired) electrons. The lowest BCUT2D eigenvalue weighted by Crippen LogP contribution is -2.45. The van der Waals surface area contributed by atoms with Crippen molar-refractivity contribution >= 4 is 5.78 Å². The van der Waals surface area contributed by atoms with Gasteiger partial charge in [0.05, 0.1) is 6.10 Å². The van der Waals surface area contributed by atoms with Gasteiger partial charge in [-0.05, 0) is 55.8 Å². The smallest absolute Gasteiger partial charge is 0.162 e. The number of hydrogen-bond donors (Lipinski definition) is 2. The Morgan fingerprint density at radius 1 is 1.36 bits per heavy atom. The molecule has 0 aromatic carbocycles. The summed E-state index contributed by atoms with van der Waals surface area (Å²) in [5.74, 6) is 1.38. The molecule has 25 heavy (non-hydrogen) atoms. The lowest BCUT2D eigenvalue weighted by atomic mass is 9.52. The van der Waals surface area contributed by atoms with Crippen LogP contribution in [0.4, 0.5) is 0 Å². The first-order valence-electron chi connectivity index (χ1n) is 9.74. The normalized spacial score (nSPS) is 48.1. The maximum Gasteiger partial charge on any atom is 0.162 e. The number of allylic oxidation sites excluding steroid dienone is 4. The van der Waals surface area contributed by atoms with Crippen molar-refractivity contribution in [3.8, 4) is 0 Å². The van der Waals surface area contributed by atoms with Crippen LogP contribution in [0.2, 0.25) is 0 Å². The Morgan fingerprint density at radius 3 is 2.84 bits per heavy atom. The van der Waals surface area contributed by atoms with Crippen LogP contribution < -0.4 is 0 Å². The molecule has 4 aliphatic rings. The SMILES string of the molecule is CC1CC2C3CCC4=CC(O)C=CC4(C)C3=CCC2(C)C1C(=O)CO. The van der Waals surface area contributed by atoms with Crippen molar-refractivity contribution in [3.63, 3.8) is 0 Å². The summed E-state index contributed by atoms with van der Waals surface area (Å²) in [5, 5.41) is 19.4. The molecule has 4 aliphatic carbocycles. The standard InChI is InChI=1S/C22H30O3/c1-13-10-18-16-5-4-14-11-15(24)6-8-21(14,2)17(16)7-9-22(18,3)20(13)19(25)12-23/h6-8,11,13,15-16,18,20,23-24H,4-5,9-10,12H2,1-3H3. The Bertz CT molecular complexity index is 687. The van der Waals surface area contributed by atoms with Crippen LogP contribution in [-0.4, -0.2) is 28.7 Å². The highest BCUT2D eigenvalue weighted by Gasteiger charge is 2.59. The van der Waals surface area contributed by atoms with Gasteiger partial charge in [-0.1, -0.05) is 49.3 Å². The van der Waals surface area contributed by atoms with Gasteiger partial charge < -0.3 is 10.2 Å². The van der Waals surface area contributed by atoms with Crippen LogP contribution in [0.3, 0.4) is 0 Å². The maximum absolute atomic E-state index is 12.5. The highest BCUT2D eigenvalue weighted by atomic mass is 16.3. The third-order valence-corrected chi connectivity index (χ3v) is 7.89. The van der Waals surface area contributed by atoms with Gasteiger partial charge in [0.25, 0.3) is 0 Å². The van der Waals surface area contributed by atoms with Crippen molar-refractivity contribution in [1.82, 2.24) is 0 Å². The molecule has 0 bridgehead atoms. The fourth-order valence-corrected chi connectivity index (χ4v) is 6.79. The largest absolute Gasteiger partial charge is 0.389 e. The molecule has 0 aromatic rings. The molecule has 0 spiro atoms. The van der Waals surface area contributed by atoms with Gasteiger partial charge in [-0.15, -0.1) is 0 Å². The lowest BCUT2D eigenvalue weighted by molar-refractivity contribution is -0.131. The van der Waals surface area contributed by atoms with E-state index in [1.54, 1.807) is 0 Å². The summed E-state index contributed by atoms with van der Waals surface area (Å²) in [6.45, 7) is 6.43. The second-order valence-corrected chi connectivity index (χ2v) is 9.18. The number of hydrogen-bond acceptors (Lipinski definition) is 3. The summed E-state index contributed by atoms with van der Waals surface area (Å²) in [7, 11) is 0. The number of rotatable bonds is 2. The minimum Gasteiger partial charge on any atom is -0.389 e. The molecule has 3 nitrogen and oxygen atoms in total. The molecule has 0 heterocycles. The van der Waals surface area contributed by atoms with E-state index in [2.05, 4.69) is 32.9 Å². The average molecular weight is 342 g/mol. The number of Topliss-reactive ketones (excluding diaryl/α,β-unsaturated/α-hetero) is 1. The predicted molar refractivity (Wildman–Crippen MR) is 97.7 cm³/mol. The minimum atomic E-state index is -0.452. The third-order valence-electron chi connectivity index (χ3n) is 7.89. The molecule has 7 atom stereocenters. The zero-order chi connectivity index (χ0) is 18.0. The van der Waals surface area contributed by atoms with Gasteiger partial charge in [-0.3, -0.25) is 4.79 Å². The fourth-order valence-electron chi connectivity index (χ4n) is 6.79. The molecule has 0 aromatic heterocycles. The van der Waals surface area contributed by atoms with E-state index in [0.29, 0.717) is 17.8 Å². The quantitative estimate of drug-likeness (QED) is 0.756. The second-order valence-electron chi connectivity index (χ2n) is 9.18. The maximum atomic E-state index is 12.5. The van der Waals surface area contributed by atoms with E-state index in [4.69, 9.17) is 0 Å². The molecule has 2 saturated carbocycles. The first-order valence-corrected chi connectivity index (χ1v) is 9.74. The van der Waals surface area contributed by atoms with Crippen molar-refractivity contribution in [3.05, 3.63) is 35.5 Å². The minimum absolute atomic E-state index is 0.0197. The molecule has 0 aliphatic heterocycles. The Balaban J connectivity index is 1.74. The molecule has 4 rings (SSSR count). The Labute approximate surface area is 150 Å². The van der Waals surface area contributed by atoms with Crippen LogP contribution in [0.25, 0.3) is 0 Å². The van der Waals surface area contributed by atoms with Gasteiger partial charge in [-0.25, -0.2) is 0 Å². The number of aliphatic hydroxyl groups is 2. The highest BCUT2D eigenvalue weighted by molar-refractivity contribution is 5.83. The number of carbonyl (C=O) groups is 1. The molecule has 2 fully saturated rings. The van der Waals surface area contributed by atoms with Crippen molar-refractivity contribution in [2.75, 3.05) is 6.61 Å². The van der Waals surface area contributed by atoms with Crippen LogP contribution in [0.15, 0.2) is 35.5 Å². The van der Waals surface area contributed by atoms with Gasteiger partial charge in [0, 0.05) is 11.3 Å². The zero-order valence-corrected chi connectivity index (χ0v) is 15.5. The zero-order valence-electron chi connectivity index (χ0n) is 15.5.